The molecule has 3 aromatic carbocycles. The van der Waals surface area contributed by atoms with Gasteiger partial charge in [0.1, 0.15) is 0 Å². The molecule has 0 spiro atoms. The van der Waals surface area contributed by atoms with Gasteiger partial charge >= 0.3 is 0 Å². The molecule has 0 N–H and O–H groups in total. The van der Waals surface area contributed by atoms with Crippen LogP contribution in [0.3, 0.4) is 0 Å². The molecule has 3 aromatic heterocycles. The van der Waals surface area contributed by atoms with E-state index in [1.54, 1.807) is 4.40 Å². The Morgan fingerprint density at radius 1 is 1.06 bits per heavy atom. The number of nitriles is 1. The third-order valence-electron chi connectivity index (χ3n) is 5.74. The number of hydrogen-bond acceptors (Lipinski definition) is 4. The smallest absolute Gasteiger partial charge is 0.274 e. The van der Waals surface area contributed by atoms with Gasteiger partial charge in [0.15, 0.2) is 4.96 Å². The highest BCUT2D eigenvalue weighted by molar-refractivity contribution is 9.10. The molecule has 0 atom stereocenters. The molecule has 5 nitrogen and oxygen atoms in total. The van der Waals surface area contributed by atoms with Crippen LogP contribution in [-0.2, 0) is 6.54 Å². The van der Waals surface area contributed by atoms with Crippen molar-refractivity contribution in [2.75, 3.05) is 0 Å². The zero-order valence-corrected chi connectivity index (χ0v) is 19.6. The molecule has 158 valence electrons. The van der Waals surface area contributed by atoms with Gasteiger partial charge in [0.2, 0.25) is 0 Å². The van der Waals surface area contributed by atoms with E-state index in [9.17, 15) is 4.79 Å². The maximum absolute atomic E-state index is 13.3. The lowest BCUT2D eigenvalue weighted by Gasteiger charge is -2.05. The molecule has 3 heterocycles. The topological polar surface area (TPSA) is 63.1 Å². The number of fused-ring (bicyclic) bond motifs is 4. The number of rotatable bonds is 3. The van der Waals surface area contributed by atoms with Crippen molar-refractivity contribution in [2.24, 2.45) is 0 Å². The first-order chi connectivity index (χ1) is 16.1. The van der Waals surface area contributed by atoms with Gasteiger partial charge in [-0.15, -0.1) is 0 Å². The summed E-state index contributed by atoms with van der Waals surface area (Å²) in [6, 6.07) is 23.7. The molecular formula is C26H15BrN4OS. The molecule has 6 rings (SSSR count). The van der Waals surface area contributed by atoms with Gasteiger partial charge in [0, 0.05) is 33.7 Å². The Morgan fingerprint density at radius 2 is 1.88 bits per heavy atom. The number of halogens is 1. The lowest BCUT2D eigenvalue weighted by Crippen LogP contribution is -2.22. The van der Waals surface area contributed by atoms with E-state index in [4.69, 9.17) is 5.26 Å². The summed E-state index contributed by atoms with van der Waals surface area (Å²) in [7, 11) is 0. The summed E-state index contributed by atoms with van der Waals surface area (Å²) in [5.74, 6) is 0. The second-order valence-corrected chi connectivity index (χ2v) is 9.74. The second kappa shape index (κ2) is 7.69. The highest BCUT2D eigenvalue weighted by atomic mass is 79.9. The van der Waals surface area contributed by atoms with Crippen molar-refractivity contribution in [3.05, 3.63) is 109 Å². The molecular weight excluding hydrogens is 496 g/mol. The van der Waals surface area contributed by atoms with Crippen molar-refractivity contribution in [1.82, 2.24) is 14.0 Å². The van der Waals surface area contributed by atoms with Crippen molar-refractivity contribution >= 4 is 60.2 Å². The van der Waals surface area contributed by atoms with Crippen LogP contribution in [0.4, 0.5) is 0 Å². The van der Waals surface area contributed by atoms with E-state index in [0.29, 0.717) is 21.6 Å². The van der Waals surface area contributed by atoms with Crippen LogP contribution in [-0.4, -0.2) is 14.0 Å². The minimum Gasteiger partial charge on any atom is -0.342 e. The number of aromatic nitrogens is 3. The minimum absolute atomic E-state index is 0.0560. The Morgan fingerprint density at radius 3 is 2.70 bits per heavy atom. The summed E-state index contributed by atoms with van der Waals surface area (Å²) in [5, 5.41) is 10.1. The van der Waals surface area contributed by atoms with Crippen LogP contribution in [0.5, 0.6) is 0 Å². The molecule has 0 fully saturated rings. The van der Waals surface area contributed by atoms with Gasteiger partial charge in [-0.25, -0.2) is 9.38 Å². The zero-order chi connectivity index (χ0) is 22.5. The highest BCUT2D eigenvalue weighted by Gasteiger charge is 2.13. The highest BCUT2D eigenvalue weighted by Crippen LogP contribution is 2.24. The van der Waals surface area contributed by atoms with Crippen molar-refractivity contribution in [2.45, 2.75) is 6.54 Å². The molecule has 0 radical (unpaired) electrons. The Hall–Kier alpha value is -3.73. The number of nitrogens with zero attached hydrogens (tertiary/aromatic N) is 4. The van der Waals surface area contributed by atoms with Gasteiger partial charge in [-0.1, -0.05) is 57.6 Å². The van der Waals surface area contributed by atoms with E-state index in [1.165, 1.54) is 11.3 Å². The summed E-state index contributed by atoms with van der Waals surface area (Å²) in [6.07, 6.45) is 4.04. The predicted octanol–water partition coefficient (Wildman–Crippen LogP) is 5.09. The quantitative estimate of drug-likeness (QED) is 0.333. The van der Waals surface area contributed by atoms with Gasteiger partial charge < -0.3 is 4.57 Å². The van der Waals surface area contributed by atoms with E-state index in [-0.39, 0.29) is 5.56 Å². The van der Waals surface area contributed by atoms with Crippen LogP contribution < -0.4 is 10.1 Å². The Bertz CT molecular complexity index is 1840. The van der Waals surface area contributed by atoms with E-state index < -0.39 is 0 Å². The van der Waals surface area contributed by atoms with E-state index in [2.05, 4.69) is 49.9 Å². The third kappa shape index (κ3) is 3.35. The van der Waals surface area contributed by atoms with Crippen molar-refractivity contribution in [1.29, 1.82) is 5.26 Å². The largest absolute Gasteiger partial charge is 0.342 e. The minimum atomic E-state index is -0.0560. The monoisotopic (exact) mass is 510 g/mol. The maximum atomic E-state index is 13.3. The summed E-state index contributed by atoms with van der Waals surface area (Å²) >= 11 is 4.89. The van der Waals surface area contributed by atoms with Crippen LogP contribution in [0.1, 0.15) is 16.7 Å². The standard InChI is InChI=1S/C26H15BrN4OS/c27-19-9-10-21-23(12-19)31-25(32)24(33-26(31)29-21)11-18-15-30(22-4-2-1-3-20(18)22)14-17-7-5-16(13-28)6-8-17/h1-12,15H,14H2/b24-11-. The van der Waals surface area contributed by atoms with E-state index in [0.717, 1.165) is 37.5 Å². The third-order valence-corrected chi connectivity index (χ3v) is 7.20. The molecule has 0 saturated heterocycles. The molecule has 0 bridgehead atoms. The lowest BCUT2D eigenvalue weighted by atomic mass is 10.1. The molecule has 0 saturated carbocycles. The predicted molar refractivity (Wildman–Crippen MR) is 136 cm³/mol. The van der Waals surface area contributed by atoms with Gasteiger partial charge in [-0.2, -0.15) is 5.26 Å². The summed E-state index contributed by atoms with van der Waals surface area (Å²) in [6.45, 7) is 0.677. The first-order valence-electron chi connectivity index (χ1n) is 10.3. The van der Waals surface area contributed by atoms with Crippen LogP contribution in [0.25, 0.3) is 33.0 Å². The number of para-hydroxylation sites is 1. The molecule has 0 aliphatic heterocycles. The second-order valence-electron chi connectivity index (χ2n) is 7.82. The van der Waals surface area contributed by atoms with Crippen molar-refractivity contribution in [3.63, 3.8) is 0 Å². The summed E-state index contributed by atoms with van der Waals surface area (Å²) in [4.78, 5) is 18.6. The Balaban J connectivity index is 1.50. The molecule has 0 aliphatic rings. The molecule has 6 aromatic rings. The van der Waals surface area contributed by atoms with Crippen molar-refractivity contribution in [3.8, 4) is 6.07 Å². The number of imidazole rings is 1. The van der Waals surface area contributed by atoms with Crippen LogP contribution in [0.2, 0.25) is 0 Å². The summed E-state index contributed by atoms with van der Waals surface area (Å²) in [5.41, 5.74) is 5.41. The van der Waals surface area contributed by atoms with Crippen LogP contribution in [0.15, 0.2) is 82.2 Å². The molecule has 7 heteroatoms. The Kier molecular flexibility index (Phi) is 4.64. The fraction of sp³-hybridized carbons (Fsp3) is 0.0385. The zero-order valence-electron chi connectivity index (χ0n) is 17.2. The molecule has 0 amide bonds. The SMILES string of the molecule is N#Cc1ccc(Cn2cc(/C=c3\sc4nc5ccc(Br)cc5n4c3=O)c3ccccc32)cc1. The molecule has 0 unspecified atom stereocenters. The molecule has 33 heavy (non-hydrogen) atoms. The van der Waals surface area contributed by atoms with Gasteiger partial charge in [-0.3, -0.25) is 4.79 Å². The molecule has 0 aliphatic carbocycles. The lowest BCUT2D eigenvalue weighted by molar-refractivity contribution is 0.836. The normalized spacial score (nSPS) is 12.2. The van der Waals surface area contributed by atoms with Gasteiger partial charge in [-0.05, 0) is 48.0 Å². The number of hydrogen-bond donors (Lipinski definition) is 0. The first-order valence-corrected chi connectivity index (χ1v) is 11.9. The van der Waals surface area contributed by atoms with Crippen LogP contribution >= 0.6 is 27.3 Å². The Labute approximate surface area is 200 Å². The van der Waals surface area contributed by atoms with E-state index in [1.807, 2.05) is 60.7 Å². The summed E-state index contributed by atoms with van der Waals surface area (Å²) < 4.78 is 5.43. The van der Waals surface area contributed by atoms with Crippen LogP contribution in [0, 0.1) is 11.3 Å². The fourth-order valence-electron chi connectivity index (χ4n) is 4.18. The average molecular weight is 511 g/mol. The van der Waals surface area contributed by atoms with Crippen molar-refractivity contribution < 1.29 is 0 Å². The van der Waals surface area contributed by atoms with E-state index >= 15 is 0 Å². The maximum Gasteiger partial charge on any atom is 0.274 e. The number of thiazole rings is 1. The fourth-order valence-corrected chi connectivity index (χ4v) is 5.50. The van der Waals surface area contributed by atoms with Gasteiger partial charge in [0.05, 0.1) is 27.2 Å². The average Bonchev–Trinajstić information content (AvgIpc) is 3.46. The van der Waals surface area contributed by atoms with Gasteiger partial charge in [0.25, 0.3) is 5.56 Å². The number of benzene rings is 3. The first kappa shape index (κ1) is 19.9.